The number of sulfone groups is 1. The fraction of sp³-hybridized carbons (Fsp3) is 0.444. The molecule has 2 unspecified atom stereocenters. The van der Waals surface area contributed by atoms with Gasteiger partial charge in [0.05, 0.1) is 11.5 Å². The van der Waals surface area contributed by atoms with Crippen molar-refractivity contribution < 1.29 is 8.42 Å². The highest BCUT2D eigenvalue weighted by molar-refractivity contribution is 7.99. The molecule has 0 saturated carbocycles. The molecule has 0 aromatic carbocycles. The lowest BCUT2D eigenvalue weighted by Crippen LogP contribution is -2.04. The monoisotopic (exact) mass is 392 g/mol. The standard InChI is InChI=1S/C9H12N2O2S.C9H12N2S/c10-9-2-1-7(5-11-9)8-3-4-14(12,13)6-8;10-9-2-1-7(5-11-9)8-3-4-12-6-8/h1-2,5,8H,3-4,6H2,(H2,10,11);1-2,5,8H,3-4,6H2,(H2,10,11). The average molecular weight is 393 g/mol. The number of nitrogens with zero attached hydrogens (tertiary/aromatic N) is 2. The second-order valence-corrected chi connectivity index (χ2v) is 10.1. The fourth-order valence-corrected chi connectivity index (χ4v) is 6.22. The summed E-state index contributed by atoms with van der Waals surface area (Å²) in [5.74, 6) is 4.97. The van der Waals surface area contributed by atoms with E-state index in [9.17, 15) is 8.42 Å². The van der Waals surface area contributed by atoms with E-state index in [0.717, 1.165) is 5.56 Å². The van der Waals surface area contributed by atoms with Crippen molar-refractivity contribution in [1.82, 2.24) is 9.97 Å². The van der Waals surface area contributed by atoms with Crippen LogP contribution in [0.3, 0.4) is 0 Å². The van der Waals surface area contributed by atoms with Crippen molar-refractivity contribution in [3.63, 3.8) is 0 Å². The topological polar surface area (TPSA) is 112 Å². The lowest BCUT2D eigenvalue weighted by Gasteiger charge is -2.07. The Labute approximate surface area is 158 Å². The zero-order valence-corrected chi connectivity index (χ0v) is 16.2. The lowest BCUT2D eigenvalue weighted by molar-refractivity contribution is 0.601. The van der Waals surface area contributed by atoms with E-state index in [2.05, 4.69) is 16.0 Å². The van der Waals surface area contributed by atoms with Gasteiger partial charge in [-0.05, 0) is 47.8 Å². The summed E-state index contributed by atoms with van der Waals surface area (Å²) in [5, 5.41) is 0. The number of nitrogen functional groups attached to an aromatic ring is 2. The zero-order valence-electron chi connectivity index (χ0n) is 14.5. The third-order valence-electron chi connectivity index (χ3n) is 4.72. The van der Waals surface area contributed by atoms with Gasteiger partial charge >= 0.3 is 0 Å². The van der Waals surface area contributed by atoms with Crippen LogP contribution < -0.4 is 11.5 Å². The predicted molar refractivity (Wildman–Crippen MR) is 108 cm³/mol. The van der Waals surface area contributed by atoms with Gasteiger partial charge < -0.3 is 11.5 Å². The Kier molecular flexibility index (Phi) is 6.03. The van der Waals surface area contributed by atoms with Gasteiger partial charge in [-0.25, -0.2) is 18.4 Å². The normalized spacial score (nSPS) is 24.0. The first-order chi connectivity index (χ1) is 12.4. The summed E-state index contributed by atoms with van der Waals surface area (Å²) in [7, 11) is -2.81. The molecule has 8 heteroatoms. The molecule has 2 atom stereocenters. The van der Waals surface area contributed by atoms with Crippen LogP contribution in [0.25, 0.3) is 0 Å². The molecule has 4 N–H and O–H groups in total. The molecule has 4 rings (SSSR count). The molecule has 0 spiro atoms. The smallest absolute Gasteiger partial charge is 0.150 e. The summed E-state index contributed by atoms with van der Waals surface area (Å²) in [6.45, 7) is 0. The van der Waals surface area contributed by atoms with Gasteiger partial charge in [0.15, 0.2) is 9.84 Å². The molecule has 0 bridgehead atoms. The Hall–Kier alpha value is -1.80. The van der Waals surface area contributed by atoms with E-state index in [1.54, 1.807) is 12.3 Å². The molecule has 4 heterocycles. The summed E-state index contributed by atoms with van der Waals surface area (Å²) in [6.07, 6.45) is 5.57. The zero-order chi connectivity index (χ0) is 18.6. The summed E-state index contributed by atoms with van der Waals surface area (Å²) in [5.41, 5.74) is 13.3. The van der Waals surface area contributed by atoms with Gasteiger partial charge in [0.2, 0.25) is 0 Å². The fourth-order valence-electron chi connectivity index (χ4n) is 3.17. The van der Waals surface area contributed by atoms with Crippen LogP contribution in [0, 0.1) is 0 Å². The number of thioether (sulfide) groups is 1. The minimum Gasteiger partial charge on any atom is -0.384 e. The Morgan fingerprint density at radius 1 is 0.923 bits per heavy atom. The third-order valence-corrected chi connectivity index (χ3v) is 7.65. The number of aromatic nitrogens is 2. The molecule has 0 amide bonds. The number of pyridine rings is 2. The molecule has 140 valence electrons. The summed E-state index contributed by atoms with van der Waals surface area (Å²) in [6, 6.07) is 7.55. The number of nitrogens with two attached hydrogens (primary N) is 2. The van der Waals surface area contributed by atoms with Crippen molar-refractivity contribution in [2.24, 2.45) is 0 Å². The molecule has 2 fully saturated rings. The molecule has 2 aromatic rings. The first-order valence-electron chi connectivity index (χ1n) is 8.64. The number of hydrogen-bond acceptors (Lipinski definition) is 7. The van der Waals surface area contributed by atoms with Crippen LogP contribution in [0.15, 0.2) is 36.7 Å². The van der Waals surface area contributed by atoms with Gasteiger partial charge in [0, 0.05) is 24.1 Å². The molecule has 0 aliphatic carbocycles. The maximum absolute atomic E-state index is 11.2. The van der Waals surface area contributed by atoms with E-state index >= 15 is 0 Å². The van der Waals surface area contributed by atoms with Gasteiger partial charge in [-0.1, -0.05) is 12.1 Å². The SMILES string of the molecule is Nc1ccc(C2CCS(=O)(=O)C2)cn1.Nc1ccc(C2CCSC2)cn1. The highest BCUT2D eigenvalue weighted by atomic mass is 32.2. The van der Waals surface area contributed by atoms with Crippen molar-refractivity contribution in [2.45, 2.75) is 24.7 Å². The molecule has 0 radical (unpaired) electrons. The van der Waals surface area contributed by atoms with E-state index in [0.29, 0.717) is 29.7 Å². The van der Waals surface area contributed by atoms with Crippen LogP contribution in [0.4, 0.5) is 11.6 Å². The largest absolute Gasteiger partial charge is 0.384 e. The number of hydrogen-bond donors (Lipinski definition) is 2. The van der Waals surface area contributed by atoms with Gasteiger partial charge in [0.25, 0.3) is 0 Å². The molecular formula is C18H24N4O2S2. The van der Waals surface area contributed by atoms with Crippen LogP contribution >= 0.6 is 11.8 Å². The summed E-state index contributed by atoms with van der Waals surface area (Å²) in [4.78, 5) is 8.05. The molecule has 26 heavy (non-hydrogen) atoms. The van der Waals surface area contributed by atoms with Crippen LogP contribution in [0.1, 0.15) is 35.8 Å². The van der Waals surface area contributed by atoms with E-state index in [1.807, 2.05) is 30.1 Å². The average Bonchev–Trinajstić information content (AvgIpc) is 3.27. The molecule has 2 saturated heterocycles. The maximum Gasteiger partial charge on any atom is 0.150 e. The highest BCUT2D eigenvalue weighted by Gasteiger charge is 2.28. The maximum atomic E-state index is 11.2. The first-order valence-corrected chi connectivity index (χ1v) is 11.6. The van der Waals surface area contributed by atoms with Gasteiger partial charge in [-0.2, -0.15) is 11.8 Å². The Morgan fingerprint density at radius 2 is 1.54 bits per heavy atom. The molecule has 2 aliphatic rings. The van der Waals surface area contributed by atoms with Gasteiger partial charge in [-0.15, -0.1) is 0 Å². The number of rotatable bonds is 2. The van der Waals surface area contributed by atoms with Gasteiger partial charge in [0.1, 0.15) is 11.6 Å². The second kappa shape index (κ2) is 8.26. The predicted octanol–water partition coefficient (Wildman–Crippen LogP) is 2.45. The van der Waals surface area contributed by atoms with Crippen LogP contribution in [-0.2, 0) is 9.84 Å². The quantitative estimate of drug-likeness (QED) is 0.807. The van der Waals surface area contributed by atoms with Crippen LogP contribution in [0.2, 0.25) is 0 Å². The Morgan fingerprint density at radius 3 is 1.96 bits per heavy atom. The van der Waals surface area contributed by atoms with Crippen LogP contribution in [0.5, 0.6) is 0 Å². The third kappa shape index (κ3) is 5.11. The number of anilines is 2. The molecular weight excluding hydrogens is 368 g/mol. The minimum atomic E-state index is -2.81. The van der Waals surface area contributed by atoms with Crippen LogP contribution in [-0.4, -0.2) is 41.4 Å². The minimum absolute atomic E-state index is 0.105. The first kappa shape index (κ1) is 19.0. The lowest BCUT2D eigenvalue weighted by atomic mass is 10.0. The summed E-state index contributed by atoms with van der Waals surface area (Å²) >= 11 is 2.02. The Bertz CT molecular complexity index is 817. The highest BCUT2D eigenvalue weighted by Crippen LogP contribution is 2.32. The van der Waals surface area contributed by atoms with Crippen molar-refractivity contribution >= 4 is 33.2 Å². The van der Waals surface area contributed by atoms with Crippen molar-refractivity contribution in [1.29, 1.82) is 0 Å². The second-order valence-electron chi connectivity index (χ2n) is 6.69. The molecule has 2 aromatic heterocycles. The van der Waals surface area contributed by atoms with Crippen molar-refractivity contribution in [3.8, 4) is 0 Å². The van der Waals surface area contributed by atoms with Crippen molar-refractivity contribution in [2.75, 3.05) is 34.5 Å². The summed E-state index contributed by atoms with van der Waals surface area (Å²) < 4.78 is 22.5. The van der Waals surface area contributed by atoms with Crippen molar-refractivity contribution in [3.05, 3.63) is 47.8 Å². The molecule has 2 aliphatic heterocycles. The van der Waals surface area contributed by atoms with E-state index in [1.165, 1.54) is 23.5 Å². The Balaban J connectivity index is 0.000000152. The van der Waals surface area contributed by atoms with E-state index < -0.39 is 9.84 Å². The molecule has 6 nitrogen and oxygen atoms in total. The van der Waals surface area contributed by atoms with E-state index in [-0.39, 0.29) is 11.7 Å². The van der Waals surface area contributed by atoms with Gasteiger partial charge in [-0.3, -0.25) is 0 Å². The van der Waals surface area contributed by atoms with E-state index in [4.69, 9.17) is 11.5 Å².